The first-order valence-electron chi connectivity index (χ1n) is 7.43. The lowest BCUT2D eigenvalue weighted by Crippen LogP contribution is -2.46. The van der Waals surface area contributed by atoms with Crippen LogP contribution in [0, 0.1) is 6.92 Å². The molecule has 1 aliphatic carbocycles. The zero-order chi connectivity index (χ0) is 14.2. The molecule has 6 nitrogen and oxygen atoms in total. The van der Waals surface area contributed by atoms with E-state index in [-0.39, 0.29) is 0 Å². The van der Waals surface area contributed by atoms with Gasteiger partial charge in [-0.15, -0.1) is 0 Å². The summed E-state index contributed by atoms with van der Waals surface area (Å²) in [7, 11) is 0. The number of rotatable bonds is 3. The van der Waals surface area contributed by atoms with Crippen LogP contribution in [0.4, 0.5) is 10.9 Å². The van der Waals surface area contributed by atoms with Crippen molar-refractivity contribution in [1.29, 1.82) is 0 Å². The standard InChI is InChI=1S/C14H18N6S/c1-10-15-5-4-12(16-10)19-6-8-20(9-7-19)14-17-13(18-21-14)11-2-3-11/h4-5,11H,2-3,6-9H2,1H3. The van der Waals surface area contributed by atoms with Crippen molar-refractivity contribution in [2.75, 3.05) is 36.0 Å². The molecule has 0 spiro atoms. The summed E-state index contributed by atoms with van der Waals surface area (Å²) in [6, 6.07) is 1.98. The molecule has 3 heterocycles. The lowest BCUT2D eigenvalue weighted by atomic mass is 10.3. The van der Waals surface area contributed by atoms with Gasteiger partial charge < -0.3 is 9.80 Å². The second-order valence-electron chi connectivity index (χ2n) is 5.65. The molecule has 0 bridgehead atoms. The highest BCUT2D eigenvalue weighted by atomic mass is 32.1. The van der Waals surface area contributed by atoms with Crippen LogP contribution in [0.5, 0.6) is 0 Å². The quantitative estimate of drug-likeness (QED) is 0.862. The Hall–Kier alpha value is -1.76. The van der Waals surface area contributed by atoms with E-state index >= 15 is 0 Å². The molecule has 0 amide bonds. The van der Waals surface area contributed by atoms with Crippen molar-refractivity contribution in [1.82, 2.24) is 19.3 Å². The lowest BCUT2D eigenvalue weighted by molar-refractivity contribution is 0.643. The van der Waals surface area contributed by atoms with E-state index < -0.39 is 0 Å². The lowest BCUT2D eigenvalue weighted by Gasteiger charge is -2.35. The highest BCUT2D eigenvalue weighted by molar-refractivity contribution is 7.09. The monoisotopic (exact) mass is 302 g/mol. The van der Waals surface area contributed by atoms with E-state index in [0.29, 0.717) is 5.92 Å². The summed E-state index contributed by atoms with van der Waals surface area (Å²) in [5, 5.41) is 1.08. The zero-order valence-electron chi connectivity index (χ0n) is 12.1. The summed E-state index contributed by atoms with van der Waals surface area (Å²) >= 11 is 1.54. The van der Waals surface area contributed by atoms with Gasteiger partial charge in [0.1, 0.15) is 17.5 Å². The van der Waals surface area contributed by atoms with Crippen molar-refractivity contribution in [2.45, 2.75) is 25.7 Å². The summed E-state index contributed by atoms with van der Waals surface area (Å²) in [4.78, 5) is 18.0. The molecule has 0 unspecified atom stereocenters. The Bertz CT molecular complexity index is 630. The Morgan fingerprint density at radius 2 is 1.86 bits per heavy atom. The van der Waals surface area contributed by atoms with Crippen molar-refractivity contribution >= 4 is 22.5 Å². The molecule has 7 heteroatoms. The second kappa shape index (κ2) is 5.22. The normalized spacial score (nSPS) is 19.1. The van der Waals surface area contributed by atoms with Gasteiger partial charge >= 0.3 is 0 Å². The summed E-state index contributed by atoms with van der Waals surface area (Å²) in [5.74, 6) is 3.55. The molecule has 0 N–H and O–H groups in total. The van der Waals surface area contributed by atoms with Crippen molar-refractivity contribution in [2.24, 2.45) is 0 Å². The maximum Gasteiger partial charge on any atom is 0.205 e. The van der Waals surface area contributed by atoms with Crippen molar-refractivity contribution < 1.29 is 0 Å². The minimum Gasteiger partial charge on any atom is -0.353 e. The first kappa shape index (κ1) is 12.9. The van der Waals surface area contributed by atoms with Gasteiger partial charge in [0.2, 0.25) is 5.13 Å². The molecular formula is C14H18N6S. The maximum absolute atomic E-state index is 4.70. The molecule has 0 radical (unpaired) electrons. The fourth-order valence-electron chi connectivity index (χ4n) is 2.61. The summed E-state index contributed by atoms with van der Waals surface area (Å²) in [6.45, 7) is 5.81. The van der Waals surface area contributed by atoms with Crippen LogP contribution >= 0.6 is 11.5 Å². The van der Waals surface area contributed by atoms with Crippen LogP contribution in [-0.4, -0.2) is 45.5 Å². The molecule has 0 aromatic carbocycles. The molecule has 2 aromatic heterocycles. The minimum atomic E-state index is 0.639. The second-order valence-corrected chi connectivity index (χ2v) is 6.38. The number of nitrogens with zero attached hydrogens (tertiary/aromatic N) is 6. The van der Waals surface area contributed by atoms with Crippen LogP contribution in [0.2, 0.25) is 0 Å². The van der Waals surface area contributed by atoms with Crippen LogP contribution in [-0.2, 0) is 0 Å². The fourth-order valence-corrected chi connectivity index (χ4v) is 3.41. The topological polar surface area (TPSA) is 58.0 Å². The number of anilines is 2. The fraction of sp³-hybridized carbons (Fsp3) is 0.571. The third-order valence-electron chi connectivity index (χ3n) is 4.01. The van der Waals surface area contributed by atoms with Crippen LogP contribution in [0.3, 0.4) is 0 Å². The van der Waals surface area contributed by atoms with E-state index in [9.17, 15) is 0 Å². The van der Waals surface area contributed by atoms with Gasteiger partial charge in [0, 0.05) is 49.8 Å². The summed E-state index contributed by atoms with van der Waals surface area (Å²) in [6.07, 6.45) is 4.35. The van der Waals surface area contributed by atoms with Gasteiger partial charge in [-0.1, -0.05) is 0 Å². The summed E-state index contributed by atoms with van der Waals surface area (Å²) < 4.78 is 4.50. The van der Waals surface area contributed by atoms with Crippen molar-refractivity contribution in [3.05, 3.63) is 23.9 Å². The molecule has 1 aliphatic heterocycles. The molecule has 2 fully saturated rings. The Morgan fingerprint density at radius 3 is 2.57 bits per heavy atom. The van der Waals surface area contributed by atoms with Gasteiger partial charge in [-0.3, -0.25) is 0 Å². The number of piperazine rings is 1. The Morgan fingerprint density at radius 1 is 1.10 bits per heavy atom. The summed E-state index contributed by atoms with van der Waals surface area (Å²) in [5.41, 5.74) is 0. The van der Waals surface area contributed by atoms with Crippen LogP contribution in [0.15, 0.2) is 12.3 Å². The highest BCUT2D eigenvalue weighted by Gasteiger charge is 2.29. The van der Waals surface area contributed by atoms with E-state index in [1.165, 1.54) is 12.8 Å². The van der Waals surface area contributed by atoms with Gasteiger partial charge in [0.05, 0.1) is 0 Å². The molecule has 2 aromatic rings. The minimum absolute atomic E-state index is 0.639. The van der Waals surface area contributed by atoms with E-state index in [1.54, 1.807) is 11.5 Å². The largest absolute Gasteiger partial charge is 0.353 e. The number of aryl methyl sites for hydroxylation is 1. The average molecular weight is 302 g/mol. The Balaban J connectivity index is 1.41. The SMILES string of the molecule is Cc1nccc(N2CCN(c3nc(C4CC4)ns3)CC2)n1. The first-order valence-corrected chi connectivity index (χ1v) is 8.20. The van der Waals surface area contributed by atoms with Crippen LogP contribution in [0.1, 0.15) is 30.4 Å². The zero-order valence-corrected chi connectivity index (χ0v) is 12.9. The van der Waals surface area contributed by atoms with Gasteiger partial charge in [0.25, 0.3) is 0 Å². The molecule has 1 saturated heterocycles. The molecule has 110 valence electrons. The van der Waals surface area contributed by atoms with Crippen LogP contribution < -0.4 is 9.80 Å². The van der Waals surface area contributed by atoms with Crippen molar-refractivity contribution in [3.63, 3.8) is 0 Å². The Kier molecular flexibility index (Phi) is 3.21. The van der Waals surface area contributed by atoms with E-state index in [0.717, 1.165) is 48.8 Å². The van der Waals surface area contributed by atoms with E-state index in [4.69, 9.17) is 4.98 Å². The first-order chi connectivity index (χ1) is 10.3. The number of hydrogen-bond donors (Lipinski definition) is 0. The van der Waals surface area contributed by atoms with Gasteiger partial charge in [-0.25, -0.2) is 15.0 Å². The predicted octanol–water partition coefficient (Wildman–Crippen LogP) is 1.84. The predicted molar refractivity (Wildman–Crippen MR) is 83.1 cm³/mol. The third kappa shape index (κ3) is 2.70. The molecule has 2 aliphatic rings. The highest BCUT2D eigenvalue weighted by Crippen LogP contribution is 2.39. The van der Waals surface area contributed by atoms with E-state index in [1.807, 2.05) is 19.2 Å². The average Bonchev–Trinajstić information content (AvgIpc) is 3.25. The molecule has 1 saturated carbocycles. The van der Waals surface area contributed by atoms with Gasteiger partial charge in [0.15, 0.2) is 0 Å². The smallest absolute Gasteiger partial charge is 0.205 e. The number of aromatic nitrogens is 4. The molecule has 4 rings (SSSR count). The van der Waals surface area contributed by atoms with Crippen molar-refractivity contribution in [3.8, 4) is 0 Å². The third-order valence-corrected chi connectivity index (χ3v) is 4.80. The van der Waals surface area contributed by atoms with Crippen LogP contribution in [0.25, 0.3) is 0 Å². The molecule has 0 atom stereocenters. The maximum atomic E-state index is 4.70. The van der Waals surface area contributed by atoms with Gasteiger partial charge in [-0.2, -0.15) is 4.37 Å². The van der Waals surface area contributed by atoms with E-state index in [2.05, 4.69) is 24.1 Å². The Labute approximate surface area is 128 Å². The van der Waals surface area contributed by atoms with Gasteiger partial charge in [-0.05, 0) is 25.8 Å². The molecular weight excluding hydrogens is 284 g/mol. The number of hydrogen-bond acceptors (Lipinski definition) is 7. The molecule has 21 heavy (non-hydrogen) atoms.